The molecule has 0 aromatic rings. The Bertz CT molecular complexity index is 99.1. The molecule has 0 atom stereocenters. The Labute approximate surface area is 62.8 Å². The Morgan fingerprint density at radius 2 is 1.09 bits per heavy atom. The number of carbonyl (C=O) groups is 2. The number of carboxylic acids is 2. The minimum absolute atomic E-state index is 0. The average Bonchev–Trinajstić information content (AvgIpc) is 1.61. The van der Waals surface area contributed by atoms with Gasteiger partial charge in [0.05, 0.1) is 12.8 Å². The zero-order chi connectivity index (χ0) is 6.57. The number of carboxylic acid groups (broad SMARTS) is 2. The van der Waals surface area contributed by atoms with E-state index in [4.69, 9.17) is 10.2 Å². The molecule has 0 saturated carbocycles. The highest BCUT2D eigenvalue weighted by Crippen LogP contribution is 1.85. The number of rotatable bonds is 3. The van der Waals surface area contributed by atoms with Crippen LogP contribution < -0.4 is 6.15 Å². The van der Waals surface area contributed by atoms with Crippen molar-refractivity contribution in [3.63, 3.8) is 0 Å². The summed E-state index contributed by atoms with van der Waals surface area (Å²) in [6.07, 6.45) is -0.593. The number of hydrogen-bond acceptors (Lipinski definition) is 3. The zero-order valence-electron chi connectivity index (χ0n) is 5.83. The monoisotopic (exact) mass is 171 g/mol. The molecule has 0 aromatic carbocycles. The molecule has 70 valence electrons. The lowest BCUT2D eigenvalue weighted by atomic mass is 10.3. The summed E-state index contributed by atoms with van der Waals surface area (Å²) in [7, 11) is 0. The Balaban J connectivity index is -0.0000000817. The summed E-state index contributed by atoms with van der Waals surface area (Å²) in [5.74, 6) is -2.15. The van der Waals surface area contributed by atoms with Gasteiger partial charge in [0.15, 0.2) is 0 Å². The van der Waals surface area contributed by atoms with E-state index in [9.17, 15) is 9.59 Å². The van der Waals surface area contributed by atoms with Crippen LogP contribution in [0.25, 0.3) is 0 Å². The van der Waals surface area contributed by atoms with E-state index >= 15 is 0 Å². The Morgan fingerprint density at radius 3 is 1.18 bits per heavy atom. The first-order valence-electron chi connectivity index (χ1n) is 2.06. The van der Waals surface area contributed by atoms with Gasteiger partial charge >= 0.3 is 11.9 Å². The highest BCUT2D eigenvalue weighted by Gasteiger charge is 2.00. The van der Waals surface area contributed by atoms with E-state index in [2.05, 4.69) is 0 Å². The molecule has 7 heteroatoms. The molecule has 0 aliphatic carbocycles. The van der Waals surface area contributed by atoms with Gasteiger partial charge in [-0.05, 0) is 0 Å². The first-order chi connectivity index (χ1) is 3.63. The Morgan fingerprint density at radius 1 is 0.909 bits per heavy atom. The molecule has 0 fully saturated rings. The predicted octanol–water partition coefficient (Wildman–Crippen LogP) is -1.55. The quantitative estimate of drug-likeness (QED) is 0.465. The molecule has 7 nitrogen and oxygen atoms in total. The van der Waals surface area contributed by atoms with E-state index in [1.165, 1.54) is 0 Å². The topological polar surface area (TPSA) is 173 Å². The fraction of sp³-hybridized carbons (Fsp3) is 0.500. The van der Waals surface area contributed by atoms with Gasteiger partial charge in [-0.3, -0.25) is 9.59 Å². The van der Waals surface area contributed by atoms with Crippen LogP contribution in [0.2, 0.25) is 0 Å². The van der Waals surface area contributed by atoms with Gasteiger partial charge in [0, 0.05) is 0 Å². The van der Waals surface area contributed by atoms with Crippen molar-refractivity contribution in [3.05, 3.63) is 0 Å². The van der Waals surface area contributed by atoms with E-state index in [-0.39, 0.29) is 29.9 Å². The van der Waals surface area contributed by atoms with Crippen LogP contribution in [0, 0.1) is 0 Å². The van der Waals surface area contributed by atoms with Crippen LogP contribution >= 0.6 is 0 Å². The second kappa shape index (κ2) is 11.6. The molecular formula is C4H13NO6. The molecule has 0 rings (SSSR count). The molecule has 11 heavy (non-hydrogen) atoms. The SMILES string of the molecule is N.O.O.O=C(O)CCC(=O)O. The summed E-state index contributed by atoms with van der Waals surface area (Å²) in [6.45, 7) is 0. The molecular weight excluding hydrogens is 158 g/mol. The molecule has 0 bridgehead atoms. The zero-order valence-corrected chi connectivity index (χ0v) is 5.83. The summed E-state index contributed by atoms with van der Waals surface area (Å²) in [5.41, 5.74) is 0. The molecule has 0 amide bonds. The van der Waals surface area contributed by atoms with Crippen molar-refractivity contribution in [1.82, 2.24) is 6.15 Å². The smallest absolute Gasteiger partial charge is 0.303 e. The second-order valence-electron chi connectivity index (χ2n) is 1.29. The van der Waals surface area contributed by atoms with Crippen molar-refractivity contribution in [2.75, 3.05) is 0 Å². The van der Waals surface area contributed by atoms with Gasteiger partial charge in [0.2, 0.25) is 0 Å². The molecule has 0 aliphatic rings. The number of hydrogen-bond donors (Lipinski definition) is 3. The molecule has 0 aliphatic heterocycles. The van der Waals surface area contributed by atoms with Crippen LogP contribution in [0.15, 0.2) is 0 Å². The molecule has 0 saturated heterocycles. The lowest BCUT2D eigenvalue weighted by Gasteiger charge is -1.85. The highest BCUT2D eigenvalue weighted by atomic mass is 16.4. The standard InChI is InChI=1S/C4H6O4.H3N.2H2O/c5-3(6)1-2-4(7)8;;;/h1-2H2,(H,5,6)(H,7,8);1H3;2*1H2. The van der Waals surface area contributed by atoms with Gasteiger partial charge in [0.25, 0.3) is 0 Å². The van der Waals surface area contributed by atoms with Gasteiger partial charge in [-0.25, -0.2) is 0 Å². The van der Waals surface area contributed by atoms with E-state index in [0.717, 1.165) is 0 Å². The van der Waals surface area contributed by atoms with E-state index in [1.54, 1.807) is 0 Å². The Hall–Kier alpha value is -1.18. The van der Waals surface area contributed by atoms with E-state index in [1.807, 2.05) is 0 Å². The Kier molecular flexibility index (Phi) is 23.8. The van der Waals surface area contributed by atoms with Crippen LogP contribution in [0.3, 0.4) is 0 Å². The molecule has 0 radical (unpaired) electrons. The summed E-state index contributed by atoms with van der Waals surface area (Å²) in [5, 5.41) is 15.8. The van der Waals surface area contributed by atoms with Crippen molar-refractivity contribution in [1.29, 1.82) is 0 Å². The van der Waals surface area contributed by atoms with Crippen molar-refractivity contribution < 1.29 is 30.8 Å². The van der Waals surface area contributed by atoms with Gasteiger partial charge < -0.3 is 27.3 Å². The van der Waals surface area contributed by atoms with Crippen molar-refractivity contribution >= 4 is 11.9 Å². The number of aliphatic carboxylic acids is 2. The van der Waals surface area contributed by atoms with Gasteiger partial charge in [-0.15, -0.1) is 0 Å². The maximum absolute atomic E-state index is 9.64. The predicted molar refractivity (Wildman–Crippen MR) is 36.8 cm³/mol. The molecule has 0 heterocycles. The van der Waals surface area contributed by atoms with E-state index < -0.39 is 11.9 Å². The first-order valence-corrected chi connectivity index (χ1v) is 2.06. The van der Waals surface area contributed by atoms with Crippen molar-refractivity contribution in [2.45, 2.75) is 12.8 Å². The van der Waals surface area contributed by atoms with Crippen LogP contribution in [0.5, 0.6) is 0 Å². The molecule has 0 spiro atoms. The second-order valence-corrected chi connectivity index (χ2v) is 1.29. The largest absolute Gasteiger partial charge is 0.481 e. The minimum atomic E-state index is -1.08. The lowest BCUT2D eigenvalue weighted by molar-refractivity contribution is -0.143. The van der Waals surface area contributed by atoms with Gasteiger partial charge in [-0.1, -0.05) is 0 Å². The fourth-order valence-corrected chi connectivity index (χ4v) is 0.214. The summed E-state index contributed by atoms with van der Waals surface area (Å²) in [6, 6.07) is 0. The maximum Gasteiger partial charge on any atom is 0.303 e. The lowest BCUT2D eigenvalue weighted by Crippen LogP contribution is -2.00. The molecule has 9 N–H and O–H groups in total. The summed E-state index contributed by atoms with van der Waals surface area (Å²) < 4.78 is 0. The van der Waals surface area contributed by atoms with Gasteiger partial charge in [0.1, 0.15) is 0 Å². The maximum atomic E-state index is 9.64. The highest BCUT2D eigenvalue weighted by molar-refractivity contribution is 5.75. The molecule has 0 aromatic heterocycles. The van der Waals surface area contributed by atoms with Crippen molar-refractivity contribution in [3.8, 4) is 0 Å². The van der Waals surface area contributed by atoms with Crippen LogP contribution in [0.4, 0.5) is 0 Å². The third-order valence-electron chi connectivity index (χ3n) is 0.553. The average molecular weight is 171 g/mol. The third kappa shape index (κ3) is 28.1. The fourth-order valence-electron chi connectivity index (χ4n) is 0.214. The van der Waals surface area contributed by atoms with E-state index in [0.29, 0.717) is 0 Å². The summed E-state index contributed by atoms with van der Waals surface area (Å²) in [4.78, 5) is 19.3. The van der Waals surface area contributed by atoms with Crippen LogP contribution in [-0.4, -0.2) is 33.1 Å². The minimum Gasteiger partial charge on any atom is -0.481 e. The normalized spacial score (nSPS) is 6.18. The summed E-state index contributed by atoms with van der Waals surface area (Å²) >= 11 is 0. The van der Waals surface area contributed by atoms with Gasteiger partial charge in [-0.2, -0.15) is 0 Å². The third-order valence-corrected chi connectivity index (χ3v) is 0.553. The molecule has 0 unspecified atom stereocenters. The first kappa shape index (κ1) is 22.6. The van der Waals surface area contributed by atoms with Crippen molar-refractivity contribution in [2.24, 2.45) is 0 Å². The van der Waals surface area contributed by atoms with Crippen LogP contribution in [0.1, 0.15) is 12.8 Å². The van der Waals surface area contributed by atoms with Crippen LogP contribution in [-0.2, 0) is 9.59 Å².